The monoisotopic (exact) mass is 397 g/mol. The Bertz CT molecular complexity index is 388. The number of benzene rings is 1. The van der Waals surface area contributed by atoms with Crippen molar-refractivity contribution in [3.8, 4) is 0 Å². The molecular formula is C15H22CsNOS. The standard InChI is InChI=1S/C15H22NOS.Cs/c1-4-8-16(3)13-6-5-7-14(10-13)18-15-9-12(2)11-17-15;/h5-7,10-12,15H,4,8-9H2,1-3H3;/q-1;+1/t12-,15?;/m1./s1. The van der Waals surface area contributed by atoms with Gasteiger partial charge in [-0.25, -0.2) is 6.61 Å². The molecule has 1 aliphatic heterocycles. The largest absolute Gasteiger partial charge is 1.00 e. The number of nitrogens with zero attached hydrogens (tertiary/aromatic N) is 1. The van der Waals surface area contributed by atoms with Gasteiger partial charge < -0.3 is 9.64 Å². The summed E-state index contributed by atoms with van der Waals surface area (Å²) in [6.07, 6.45) is 2.28. The fourth-order valence-corrected chi connectivity index (χ4v) is 3.29. The Morgan fingerprint density at radius 3 is 2.89 bits per heavy atom. The molecular weight excluding hydrogens is 375 g/mol. The topological polar surface area (TPSA) is 12.5 Å². The van der Waals surface area contributed by atoms with Crippen molar-refractivity contribution in [2.24, 2.45) is 5.92 Å². The van der Waals surface area contributed by atoms with E-state index < -0.39 is 0 Å². The van der Waals surface area contributed by atoms with Gasteiger partial charge >= 0.3 is 68.9 Å². The average Bonchev–Trinajstić information content (AvgIpc) is 2.75. The van der Waals surface area contributed by atoms with Crippen molar-refractivity contribution in [2.45, 2.75) is 37.0 Å². The van der Waals surface area contributed by atoms with Crippen LogP contribution in [0.5, 0.6) is 0 Å². The third kappa shape index (κ3) is 5.95. The molecule has 0 aliphatic carbocycles. The summed E-state index contributed by atoms with van der Waals surface area (Å²) in [6.45, 7) is 7.47. The fourth-order valence-electron chi connectivity index (χ4n) is 2.12. The maximum absolute atomic E-state index is 5.64. The molecule has 1 unspecified atom stereocenters. The molecule has 0 saturated carbocycles. The first-order chi connectivity index (χ1) is 8.69. The molecule has 100 valence electrons. The zero-order valence-electron chi connectivity index (χ0n) is 12.4. The molecule has 0 radical (unpaired) electrons. The van der Waals surface area contributed by atoms with E-state index in [2.05, 4.69) is 50.1 Å². The molecule has 2 atom stereocenters. The van der Waals surface area contributed by atoms with Crippen molar-refractivity contribution in [1.29, 1.82) is 0 Å². The number of thioether (sulfide) groups is 1. The molecule has 0 aromatic heterocycles. The number of ether oxygens (including phenoxy) is 1. The Kier molecular flexibility index (Phi) is 9.13. The molecule has 2 rings (SSSR count). The van der Waals surface area contributed by atoms with E-state index in [0.717, 1.165) is 13.0 Å². The van der Waals surface area contributed by atoms with Gasteiger partial charge in [-0.1, -0.05) is 31.7 Å². The summed E-state index contributed by atoms with van der Waals surface area (Å²) in [7, 11) is 2.15. The fraction of sp³-hybridized carbons (Fsp3) is 0.533. The van der Waals surface area contributed by atoms with Gasteiger partial charge in [0.25, 0.3) is 0 Å². The minimum atomic E-state index is 0. The van der Waals surface area contributed by atoms with Gasteiger partial charge in [-0.15, -0.1) is 5.92 Å². The number of anilines is 1. The average molecular weight is 397 g/mol. The van der Waals surface area contributed by atoms with Crippen molar-refractivity contribution in [3.05, 3.63) is 30.9 Å². The first-order valence-corrected chi connectivity index (χ1v) is 7.53. The SMILES string of the molecule is CCCN(C)c1cccc(SC2C[C@@H](C)[CH-]O2)c1.[Cs+]. The molecule has 1 aromatic carbocycles. The Hall–Kier alpha value is 1.38. The van der Waals surface area contributed by atoms with Crippen LogP contribution in [-0.2, 0) is 4.74 Å². The van der Waals surface area contributed by atoms with Gasteiger partial charge in [0.2, 0.25) is 0 Å². The molecule has 0 amide bonds. The van der Waals surface area contributed by atoms with Crippen LogP contribution in [0.3, 0.4) is 0 Å². The smallest absolute Gasteiger partial charge is 0.542 e. The Morgan fingerprint density at radius 1 is 1.47 bits per heavy atom. The number of hydrogen-bond acceptors (Lipinski definition) is 3. The van der Waals surface area contributed by atoms with Crippen LogP contribution in [0.2, 0.25) is 0 Å². The van der Waals surface area contributed by atoms with E-state index in [0.29, 0.717) is 5.92 Å². The Balaban J connectivity index is 0.00000180. The second-order valence-corrected chi connectivity index (χ2v) is 6.18. The van der Waals surface area contributed by atoms with Gasteiger partial charge in [0.1, 0.15) is 0 Å². The Labute approximate surface area is 180 Å². The van der Waals surface area contributed by atoms with Gasteiger partial charge in [0.05, 0.1) is 5.44 Å². The van der Waals surface area contributed by atoms with Crippen molar-refractivity contribution < 1.29 is 73.6 Å². The summed E-state index contributed by atoms with van der Waals surface area (Å²) in [5.41, 5.74) is 1.57. The summed E-state index contributed by atoms with van der Waals surface area (Å²) >= 11 is 1.82. The van der Waals surface area contributed by atoms with Crippen LogP contribution in [0.4, 0.5) is 5.69 Å². The van der Waals surface area contributed by atoms with E-state index in [1.807, 2.05) is 18.4 Å². The zero-order chi connectivity index (χ0) is 13.0. The van der Waals surface area contributed by atoms with Crippen molar-refractivity contribution >= 4 is 17.4 Å². The van der Waals surface area contributed by atoms with Crippen LogP contribution in [0, 0.1) is 12.5 Å². The van der Waals surface area contributed by atoms with Crippen LogP contribution >= 0.6 is 11.8 Å². The van der Waals surface area contributed by atoms with Gasteiger partial charge in [-0.2, -0.15) is 0 Å². The second-order valence-electron chi connectivity index (χ2n) is 4.95. The van der Waals surface area contributed by atoms with Gasteiger partial charge in [0, 0.05) is 24.2 Å². The third-order valence-electron chi connectivity index (χ3n) is 3.11. The van der Waals surface area contributed by atoms with Crippen LogP contribution < -0.4 is 73.8 Å². The van der Waals surface area contributed by atoms with E-state index in [4.69, 9.17) is 4.74 Å². The molecule has 19 heavy (non-hydrogen) atoms. The van der Waals surface area contributed by atoms with E-state index in [1.165, 1.54) is 17.0 Å². The van der Waals surface area contributed by atoms with Gasteiger partial charge in [0.15, 0.2) is 0 Å². The summed E-state index contributed by atoms with van der Waals surface area (Å²) < 4.78 is 5.64. The van der Waals surface area contributed by atoms with E-state index in [-0.39, 0.29) is 74.3 Å². The molecule has 1 aliphatic rings. The molecule has 1 heterocycles. The molecule has 1 saturated heterocycles. The number of hydrogen-bond donors (Lipinski definition) is 0. The van der Waals surface area contributed by atoms with Crippen LogP contribution in [-0.4, -0.2) is 19.0 Å². The van der Waals surface area contributed by atoms with Gasteiger partial charge in [-0.3, -0.25) is 0 Å². The van der Waals surface area contributed by atoms with E-state index in [9.17, 15) is 0 Å². The molecule has 0 bridgehead atoms. The normalized spacial score (nSPS) is 22.1. The minimum Gasteiger partial charge on any atom is -0.542 e. The van der Waals surface area contributed by atoms with Crippen molar-refractivity contribution in [3.63, 3.8) is 0 Å². The summed E-state index contributed by atoms with van der Waals surface area (Å²) in [5.74, 6) is 0.577. The quantitative estimate of drug-likeness (QED) is 0.693. The number of rotatable bonds is 5. The predicted molar refractivity (Wildman–Crippen MR) is 78.8 cm³/mol. The Morgan fingerprint density at radius 2 is 2.26 bits per heavy atom. The van der Waals surface area contributed by atoms with Crippen molar-refractivity contribution in [1.82, 2.24) is 0 Å². The zero-order valence-corrected chi connectivity index (χ0v) is 19.5. The molecule has 0 N–H and O–H groups in total. The second kappa shape index (κ2) is 9.41. The van der Waals surface area contributed by atoms with E-state index >= 15 is 0 Å². The first-order valence-electron chi connectivity index (χ1n) is 6.65. The summed E-state index contributed by atoms with van der Waals surface area (Å²) in [5, 5.41) is 0. The molecule has 4 heteroatoms. The van der Waals surface area contributed by atoms with Crippen LogP contribution in [0.1, 0.15) is 26.7 Å². The minimum absolute atomic E-state index is 0. The summed E-state index contributed by atoms with van der Waals surface area (Å²) in [6, 6.07) is 8.73. The third-order valence-corrected chi connectivity index (χ3v) is 4.20. The molecule has 2 nitrogen and oxygen atoms in total. The predicted octanol–water partition coefficient (Wildman–Crippen LogP) is 1.17. The van der Waals surface area contributed by atoms with Crippen LogP contribution in [0.25, 0.3) is 0 Å². The van der Waals surface area contributed by atoms with E-state index in [1.54, 1.807) is 0 Å². The van der Waals surface area contributed by atoms with Crippen LogP contribution in [0.15, 0.2) is 29.2 Å². The molecule has 1 fully saturated rings. The first kappa shape index (κ1) is 18.4. The molecule has 1 aromatic rings. The maximum atomic E-state index is 5.64. The summed E-state index contributed by atoms with van der Waals surface area (Å²) in [4.78, 5) is 3.59. The maximum Gasteiger partial charge on any atom is 1.00 e. The molecule has 0 spiro atoms. The van der Waals surface area contributed by atoms with Crippen molar-refractivity contribution in [2.75, 3.05) is 18.5 Å². The van der Waals surface area contributed by atoms with Gasteiger partial charge in [-0.05, 0) is 31.0 Å².